The fourth-order valence-corrected chi connectivity index (χ4v) is 4.62. The molecule has 0 aliphatic heterocycles. The minimum absolute atomic E-state index is 0.0968. The fourth-order valence-electron chi connectivity index (χ4n) is 4.62. The zero-order valence-electron chi connectivity index (χ0n) is 23.2. The normalized spacial score (nSPS) is 10.9. The van der Waals surface area contributed by atoms with Crippen LogP contribution in [0.15, 0.2) is 72.8 Å². The van der Waals surface area contributed by atoms with Crippen molar-refractivity contribution >= 4 is 28.7 Å². The molecule has 3 aromatic carbocycles. The number of ether oxygens (including phenoxy) is 2. The number of fused-ring (bicyclic) bond motifs is 1. The van der Waals surface area contributed by atoms with Crippen molar-refractivity contribution in [3.05, 3.63) is 113 Å². The molecule has 0 unspecified atom stereocenters. The first-order valence-electron chi connectivity index (χ1n) is 13.1. The summed E-state index contributed by atoms with van der Waals surface area (Å²) in [7, 11) is 2.89. The predicted octanol–water partition coefficient (Wildman–Crippen LogP) is 5.52. The van der Waals surface area contributed by atoms with E-state index >= 15 is 4.39 Å². The Morgan fingerprint density at radius 3 is 2.53 bits per heavy atom. The molecule has 0 atom stereocenters. The number of amides is 1. The SMILES string of the molecule is COCCn1c(Cc2ccc(-c3cccc(NC(=O)c4ccc(C#N)cc4F)n3)cc2F)nc2ccc(C(=O)OC)cc21. The average molecular weight is 582 g/mol. The van der Waals surface area contributed by atoms with E-state index in [0.717, 1.165) is 6.07 Å². The number of nitriles is 1. The summed E-state index contributed by atoms with van der Waals surface area (Å²) >= 11 is 0. The molecule has 2 aromatic heterocycles. The van der Waals surface area contributed by atoms with Crippen LogP contribution in [-0.2, 0) is 22.4 Å². The second kappa shape index (κ2) is 12.6. The lowest BCUT2D eigenvalue weighted by Gasteiger charge is -2.11. The zero-order chi connectivity index (χ0) is 30.5. The van der Waals surface area contributed by atoms with Crippen molar-refractivity contribution in [3.8, 4) is 17.3 Å². The smallest absolute Gasteiger partial charge is 0.337 e. The van der Waals surface area contributed by atoms with Crippen LogP contribution in [0.1, 0.15) is 37.7 Å². The highest BCUT2D eigenvalue weighted by molar-refractivity contribution is 6.04. The first kappa shape index (κ1) is 29.0. The third kappa shape index (κ3) is 6.24. The summed E-state index contributed by atoms with van der Waals surface area (Å²) in [5.41, 5.74) is 2.86. The summed E-state index contributed by atoms with van der Waals surface area (Å²) in [4.78, 5) is 33.8. The van der Waals surface area contributed by atoms with Gasteiger partial charge in [-0.25, -0.2) is 23.5 Å². The van der Waals surface area contributed by atoms with Crippen LogP contribution in [0.3, 0.4) is 0 Å². The Morgan fingerprint density at radius 2 is 1.81 bits per heavy atom. The van der Waals surface area contributed by atoms with Gasteiger partial charge in [-0.05, 0) is 60.2 Å². The van der Waals surface area contributed by atoms with Crippen LogP contribution < -0.4 is 5.32 Å². The molecule has 1 amide bonds. The predicted molar refractivity (Wildman–Crippen MR) is 154 cm³/mol. The molecule has 0 saturated carbocycles. The van der Waals surface area contributed by atoms with E-state index in [2.05, 4.69) is 15.3 Å². The van der Waals surface area contributed by atoms with Crippen LogP contribution in [0.25, 0.3) is 22.3 Å². The number of methoxy groups -OCH3 is 2. The highest BCUT2D eigenvalue weighted by Gasteiger charge is 2.17. The lowest BCUT2D eigenvalue weighted by atomic mass is 10.1. The van der Waals surface area contributed by atoms with Crippen molar-refractivity contribution in [2.75, 3.05) is 26.1 Å². The van der Waals surface area contributed by atoms with Gasteiger partial charge in [0.25, 0.3) is 5.91 Å². The number of esters is 1. The molecule has 2 heterocycles. The van der Waals surface area contributed by atoms with E-state index < -0.39 is 23.5 Å². The molecule has 0 aliphatic carbocycles. The molecule has 0 fully saturated rings. The van der Waals surface area contributed by atoms with Crippen LogP contribution in [0.4, 0.5) is 14.6 Å². The molecular formula is C32H25F2N5O4. The first-order valence-corrected chi connectivity index (χ1v) is 13.1. The van der Waals surface area contributed by atoms with Gasteiger partial charge < -0.3 is 19.4 Å². The number of carbonyl (C=O) groups excluding carboxylic acids is 2. The van der Waals surface area contributed by atoms with Crippen molar-refractivity contribution in [3.63, 3.8) is 0 Å². The van der Waals surface area contributed by atoms with E-state index in [1.807, 2.05) is 10.6 Å². The Labute approximate surface area is 245 Å². The highest BCUT2D eigenvalue weighted by Crippen LogP contribution is 2.26. The molecule has 43 heavy (non-hydrogen) atoms. The van der Waals surface area contributed by atoms with Crippen molar-refractivity contribution in [2.24, 2.45) is 0 Å². The van der Waals surface area contributed by atoms with E-state index in [9.17, 15) is 14.0 Å². The van der Waals surface area contributed by atoms with Crippen LogP contribution in [0.5, 0.6) is 0 Å². The molecule has 9 nitrogen and oxygen atoms in total. The number of pyridine rings is 1. The Hall–Kier alpha value is -5.47. The number of rotatable bonds is 9. The molecule has 1 N–H and O–H groups in total. The van der Waals surface area contributed by atoms with Crippen LogP contribution in [0.2, 0.25) is 0 Å². The number of hydrogen-bond acceptors (Lipinski definition) is 7. The minimum Gasteiger partial charge on any atom is -0.465 e. The maximum Gasteiger partial charge on any atom is 0.337 e. The van der Waals surface area contributed by atoms with Gasteiger partial charge in [-0.2, -0.15) is 5.26 Å². The maximum absolute atomic E-state index is 15.4. The molecule has 0 radical (unpaired) electrons. The number of carbonyl (C=O) groups is 2. The molecule has 5 rings (SSSR count). The molecule has 11 heteroatoms. The molecule has 0 spiro atoms. The second-order valence-electron chi connectivity index (χ2n) is 9.52. The van der Waals surface area contributed by atoms with Crippen molar-refractivity contribution < 1.29 is 27.8 Å². The zero-order valence-corrected chi connectivity index (χ0v) is 23.2. The number of halogens is 2. The summed E-state index contributed by atoms with van der Waals surface area (Å²) in [6.07, 6.45) is 0.178. The summed E-state index contributed by atoms with van der Waals surface area (Å²) in [5, 5.41) is 11.4. The van der Waals surface area contributed by atoms with E-state index in [0.29, 0.717) is 52.4 Å². The fraction of sp³-hybridized carbons (Fsp3) is 0.156. The Bertz CT molecular complexity index is 1900. The van der Waals surface area contributed by atoms with Crippen LogP contribution in [0, 0.1) is 23.0 Å². The number of nitrogens with zero attached hydrogens (tertiary/aromatic N) is 4. The summed E-state index contributed by atoms with van der Waals surface area (Å²) in [5.74, 6) is -1.77. The topological polar surface area (TPSA) is 119 Å². The second-order valence-corrected chi connectivity index (χ2v) is 9.52. The molecule has 0 saturated heterocycles. The Morgan fingerprint density at radius 1 is 0.977 bits per heavy atom. The average Bonchev–Trinajstić information content (AvgIpc) is 3.36. The standard InChI is InChI=1S/C32H25F2N5O4/c1-42-13-12-39-28-16-22(32(41)43-2)9-11-27(28)37-30(39)17-20-7-8-21(15-24(20)33)26-4-3-5-29(36-26)38-31(40)23-10-6-19(18-35)14-25(23)34/h3-11,14-16H,12-13,17H2,1-2H3,(H,36,38,40). The van der Waals surface area contributed by atoms with Gasteiger partial charge in [-0.15, -0.1) is 0 Å². The Balaban J connectivity index is 1.39. The summed E-state index contributed by atoms with van der Waals surface area (Å²) in [6.45, 7) is 0.833. The van der Waals surface area contributed by atoms with E-state index in [-0.39, 0.29) is 23.4 Å². The van der Waals surface area contributed by atoms with Gasteiger partial charge in [-0.1, -0.05) is 18.2 Å². The minimum atomic E-state index is -0.829. The lowest BCUT2D eigenvalue weighted by molar-refractivity contribution is 0.0600. The molecule has 0 aliphatic rings. The van der Waals surface area contributed by atoms with Gasteiger partial charge in [0.1, 0.15) is 23.3 Å². The first-order chi connectivity index (χ1) is 20.8. The van der Waals surface area contributed by atoms with Crippen LogP contribution in [-0.4, -0.2) is 47.2 Å². The number of imidazole rings is 1. The van der Waals surface area contributed by atoms with Crippen LogP contribution >= 0.6 is 0 Å². The number of hydrogen-bond donors (Lipinski definition) is 1. The van der Waals surface area contributed by atoms with Gasteiger partial charge in [0.05, 0.1) is 53.2 Å². The maximum atomic E-state index is 15.4. The largest absolute Gasteiger partial charge is 0.465 e. The molecular weight excluding hydrogens is 556 g/mol. The molecule has 5 aromatic rings. The Kier molecular flexibility index (Phi) is 8.50. The third-order valence-electron chi connectivity index (χ3n) is 6.80. The quantitative estimate of drug-likeness (QED) is 0.228. The number of aromatic nitrogens is 3. The van der Waals surface area contributed by atoms with Gasteiger partial charge in [0.15, 0.2) is 0 Å². The third-order valence-corrected chi connectivity index (χ3v) is 6.80. The van der Waals surface area contributed by atoms with Crippen molar-refractivity contribution in [2.45, 2.75) is 13.0 Å². The van der Waals surface area contributed by atoms with E-state index in [4.69, 9.17) is 14.7 Å². The van der Waals surface area contributed by atoms with E-state index in [1.165, 1.54) is 31.4 Å². The lowest BCUT2D eigenvalue weighted by Crippen LogP contribution is -2.15. The summed E-state index contributed by atoms with van der Waals surface area (Å²) in [6, 6.07) is 20.0. The molecule has 216 valence electrons. The van der Waals surface area contributed by atoms with E-state index in [1.54, 1.807) is 49.6 Å². The monoisotopic (exact) mass is 581 g/mol. The number of nitrogens with one attached hydrogen (secondary N) is 1. The van der Waals surface area contributed by atoms with Crippen molar-refractivity contribution in [1.29, 1.82) is 5.26 Å². The highest BCUT2D eigenvalue weighted by atomic mass is 19.1. The van der Waals surface area contributed by atoms with Gasteiger partial charge in [0.2, 0.25) is 0 Å². The van der Waals surface area contributed by atoms with Crippen molar-refractivity contribution in [1.82, 2.24) is 14.5 Å². The van der Waals surface area contributed by atoms with Gasteiger partial charge in [0, 0.05) is 25.6 Å². The van der Waals surface area contributed by atoms with Gasteiger partial charge in [-0.3, -0.25) is 4.79 Å². The van der Waals surface area contributed by atoms with Gasteiger partial charge >= 0.3 is 5.97 Å². The number of benzene rings is 3. The summed E-state index contributed by atoms with van der Waals surface area (Å²) < 4.78 is 41.7. The number of anilines is 1. The molecule has 0 bridgehead atoms.